The first-order valence-corrected chi connectivity index (χ1v) is 12.5. The Kier molecular flexibility index (Phi) is 6.16. The molecule has 0 bridgehead atoms. The SMILES string of the molecule is COc1ccccc1NC(=O)NC1N=C(c2ccc(Br)cc2)c2c(sc(C)c2C)-n2c(C)nnc21. The van der Waals surface area contributed by atoms with Crippen molar-refractivity contribution in [2.75, 3.05) is 12.4 Å². The number of nitrogens with zero attached hydrogens (tertiary/aromatic N) is 4. The molecule has 2 aromatic heterocycles. The van der Waals surface area contributed by atoms with Gasteiger partial charge in [0, 0.05) is 20.5 Å². The highest BCUT2D eigenvalue weighted by molar-refractivity contribution is 9.10. The van der Waals surface area contributed by atoms with Gasteiger partial charge >= 0.3 is 6.03 Å². The number of benzene rings is 2. The number of hydrogen-bond donors (Lipinski definition) is 2. The second kappa shape index (κ2) is 9.27. The van der Waals surface area contributed by atoms with Gasteiger partial charge in [-0.25, -0.2) is 4.79 Å². The third-order valence-corrected chi connectivity index (χ3v) is 7.62. The van der Waals surface area contributed by atoms with Crippen LogP contribution >= 0.6 is 27.3 Å². The monoisotopic (exact) mass is 550 g/mol. The molecule has 178 valence electrons. The number of nitrogens with one attached hydrogen (secondary N) is 2. The highest BCUT2D eigenvalue weighted by atomic mass is 79.9. The lowest BCUT2D eigenvalue weighted by Gasteiger charge is -2.16. The molecule has 3 heterocycles. The molecule has 35 heavy (non-hydrogen) atoms. The number of amides is 2. The molecular formula is C25H23BrN6O2S. The van der Waals surface area contributed by atoms with Crippen molar-refractivity contribution in [2.45, 2.75) is 26.9 Å². The Morgan fingerprint density at radius 3 is 2.57 bits per heavy atom. The topological polar surface area (TPSA) is 93.4 Å². The highest BCUT2D eigenvalue weighted by Crippen LogP contribution is 2.38. The minimum Gasteiger partial charge on any atom is -0.495 e. The standard InChI is InChI=1S/C25H23BrN6O2S/c1-13-14(2)35-24-20(13)21(16-9-11-17(26)12-10-16)28-22(23-31-30-15(3)32(23)24)29-25(33)27-18-7-5-6-8-19(18)34-4/h5-12,22H,1-4H3,(H2,27,29,33). The van der Waals surface area contributed by atoms with Gasteiger partial charge in [0.25, 0.3) is 0 Å². The molecule has 2 aromatic carbocycles. The van der Waals surface area contributed by atoms with Gasteiger partial charge in [0.2, 0.25) is 0 Å². The van der Waals surface area contributed by atoms with E-state index in [4.69, 9.17) is 9.73 Å². The summed E-state index contributed by atoms with van der Waals surface area (Å²) in [6.07, 6.45) is -0.760. The first kappa shape index (κ1) is 23.3. The second-order valence-corrected chi connectivity index (χ2v) is 10.2. The van der Waals surface area contributed by atoms with Crippen LogP contribution in [-0.2, 0) is 0 Å². The largest absolute Gasteiger partial charge is 0.495 e. The van der Waals surface area contributed by atoms with Crippen molar-refractivity contribution in [1.29, 1.82) is 0 Å². The van der Waals surface area contributed by atoms with Gasteiger partial charge in [0.05, 0.1) is 18.5 Å². The molecule has 1 unspecified atom stereocenters. The van der Waals surface area contributed by atoms with E-state index in [1.165, 1.54) is 4.88 Å². The number of urea groups is 1. The fourth-order valence-electron chi connectivity index (χ4n) is 4.06. The summed E-state index contributed by atoms with van der Waals surface area (Å²) in [6, 6.07) is 14.8. The number of carbonyl (C=O) groups is 1. The maximum Gasteiger partial charge on any atom is 0.321 e. The summed E-state index contributed by atoms with van der Waals surface area (Å²) in [5, 5.41) is 15.5. The third-order valence-electron chi connectivity index (χ3n) is 5.90. The minimum atomic E-state index is -0.760. The lowest BCUT2D eigenvalue weighted by atomic mass is 10.00. The quantitative estimate of drug-likeness (QED) is 0.341. The average molecular weight is 551 g/mol. The van der Waals surface area contributed by atoms with E-state index in [9.17, 15) is 4.79 Å². The van der Waals surface area contributed by atoms with Crippen molar-refractivity contribution in [3.63, 3.8) is 0 Å². The number of ether oxygens (including phenoxy) is 1. The van der Waals surface area contributed by atoms with E-state index in [0.717, 1.165) is 37.7 Å². The lowest BCUT2D eigenvalue weighted by Crippen LogP contribution is -2.33. The van der Waals surface area contributed by atoms with Crippen molar-refractivity contribution in [2.24, 2.45) is 4.99 Å². The molecule has 10 heteroatoms. The molecule has 0 aliphatic carbocycles. The molecule has 0 fully saturated rings. The van der Waals surface area contributed by atoms with Crippen molar-refractivity contribution >= 4 is 44.7 Å². The Balaban J connectivity index is 1.61. The number of aromatic nitrogens is 3. The molecule has 0 saturated carbocycles. The van der Waals surface area contributed by atoms with Crippen LogP contribution in [0.5, 0.6) is 5.75 Å². The first-order valence-electron chi connectivity index (χ1n) is 10.9. The van der Waals surface area contributed by atoms with Gasteiger partial charge < -0.3 is 15.4 Å². The summed E-state index contributed by atoms with van der Waals surface area (Å²) >= 11 is 5.18. The molecule has 0 saturated heterocycles. The van der Waals surface area contributed by atoms with E-state index < -0.39 is 12.2 Å². The number of carbonyl (C=O) groups excluding carboxylic acids is 1. The minimum absolute atomic E-state index is 0.427. The van der Waals surface area contributed by atoms with Crippen LogP contribution in [0.3, 0.4) is 0 Å². The van der Waals surface area contributed by atoms with Gasteiger partial charge in [-0.1, -0.05) is 40.2 Å². The second-order valence-electron chi connectivity index (χ2n) is 8.09. The maximum atomic E-state index is 13.1. The van der Waals surface area contributed by atoms with Crippen molar-refractivity contribution in [3.8, 4) is 10.8 Å². The van der Waals surface area contributed by atoms with Crippen LogP contribution in [0.4, 0.5) is 10.5 Å². The molecule has 0 radical (unpaired) electrons. The fraction of sp³-hybridized carbons (Fsp3) is 0.200. The number of methoxy groups -OCH3 is 1. The molecule has 4 aromatic rings. The normalized spacial score (nSPS) is 14.4. The fourth-order valence-corrected chi connectivity index (χ4v) is 5.54. The van der Waals surface area contributed by atoms with Gasteiger partial charge in [-0.2, -0.15) is 0 Å². The molecular weight excluding hydrogens is 528 g/mol. The number of aliphatic imine (C=N–C) groups is 1. The zero-order chi connectivity index (χ0) is 24.7. The van der Waals surface area contributed by atoms with E-state index in [1.807, 2.05) is 47.9 Å². The number of rotatable bonds is 4. The van der Waals surface area contributed by atoms with Crippen LogP contribution in [0, 0.1) is 20.8 Å². The van der Waals surface area contributed by atoms with Crippen LogP contribution in [-0.4, -0.2) is 33.6 Å². The van der Waals surface area contributed by atoms with Crippen LogP contribution in [0.2, 0.25) is 0 Å². The molecule has 1 aliphatic heterocycles. The number of para-hydroxylation sites is 2. The summed E-state index contributed by atoms with van der Waals surface area (Å²) in [6.45, 7) is 6.10. The zero-order valence-electron chi connectivity index (χ0n) is 19.6. The molecule has 2 amide bonds. The lowest BCUT2D eigenvalue weighted by molar-refractivity contribution is 0.248. The molecule has 1 atom stereocenters. The van der Waals surface area contributed by atoms with Crippen molar-refractivity contribution in [1.82, 2.24) is 20.1 Å². The van der Waals surface area contributed by atoms with Crippen LogP contribution in [0.25, 0.3) is 5.00 Å². The average Bonchev–Trinajstić information content (AvgIpc) is 3.32. The molecule has 2 N–H and O–H groups in total. The van der Waals surface area contributed by atoms with Crippen molar-refractivity contribution < 1.29 is 9.53 Å². The number of hydrogen-bond acceptors (Lipinski definition) is 6. The van der Waals surface area contributed by atoms with Gasteiger partial charge in [-0.05, 0) is 50.6 Å². The van der Waals surface area contributed by atoms with Crippen LogP contribution in [0.1, 0.15) is 39.4 Å². The summed E-state index contributed by atoms with van der Waals surface area (Å²) in [4.78, 5) is 19.3. The van der Waals surface area contributed by atoms with Gasteiger partial charge in [0.1, 0.15) is 16.6 Å². The highest BCUT2D eigenvalue weighted by Gasteiger charge is 2.32. The van der Waals surface area contributed by atoms with Crippen LogP contribution in [0.15, 0.2) is 58.0 Å². The van der Waals surface area contributed by atoms with E-state index in [-0.39, 0.29) is 0 Å². The van der Waals surface area contributed by atoms with Gasteiger partial charge in [0.15, 0.2) is 12.0 Å². The first-order chi connectivity index (χ1) is 16.9. The number of halogens is 1. The zero-order valence-corrected chi connectivity index (χ0v) is 22.0. The smallest absolute Gasteiger partial charge is 0.321 e. The predicted molar refractivity (Wildman–Crippen MR) is 141 cm³/mol. The summed E-state index contributed by atoms with van der Waals surface area (Å²) in [5.41, 5.74) is 4.46. The Bertz CT molecular complexity index is 1460. The van der Waals surface area contributed by atoms with Crippen molar-refractivity contribution in [3.05, 3.63) is 86.2 Å². The maximum absolute atomic E-state index is 13.1. The van der Waals surface area contributed by atoms with E-state index in [1.54, 1.807) is 30.6 Å². The Morgan fingerprint density at radius 1 is 1.09 bits per heavy atom. The molecule has 0 spiro atoms. The van der Waals surface area contributed by atoms with Gasteiger partial charge in [-0.3, -0.25) is 9.56 Å². The summed E-state index contributed by atoms with van der Waals surface area (Å²) in [7, 11) is 1.56. The van der Waals surface area contributed by atoms with E-state index in [2.05, 4.69) is 50.6 Å². The number of aryl methyl sites for hydroxylation is 2. The predicted octanol–water partition coefficient (Wildman–Crippen LogP) is 5.70. The van der Waals surface area contributed by atoms with Crippen LogP contribution < -0.4 is 15.4 Å². The van der Waals surface area contributed by atoms with E-state index in [0.29, 0.717) is 17.3 Å². The molecule has 5 rings (SSSR count). The summed E-state index contributed by atoms with van der Waals surface area (Å²) in [5.74, 6) is 1.84. The Morgan fingerprint density at radius 2 is 1.83 bits per heavy atom. The van der Waals surface area contributed by atoms with E-state index >= 15 is 0 Å². The third kappa shape index (κ3) is 4.23. The molecule has 8 nitrogen and oxygen atoms in total. The number of thiophene rings is 1. The van der Waals surface area contributed by atoms with Gasteiger partial charge in [-0.15, -0.1) is 21.5 Å². The number of anilines is 1. The molecule has 1 aliphatic rings. The Hall–Kier alpha value is -3.50. The number of fused-ring (bicyclic) bond motifs is 3. The Labute approximate surface area is 215 Å². The summed E-state index contributed by atoms with van der Waals surface area (Å²) < 4.78 is 8.33.